The highest BCUT2D eigenvalue weighted by molar-refractivity contribution is 7.92. The van der Waals surface area contributed by atoms with Crippen LogP contribution in [-0.2, 0) is 19.6 Å². The Balaban J connectivity index is 1.95. The minimum absolute atomic E-state index is 0.0424. The van der Waals surface area contributed by atoms with E-state index < -0.39 is 28.4 Å². The van der Waals surface area contributed by atoms with Crippen molar-refractivity contribution >= 4 is 44.9 Å². The Morgan fingerprint density at radius 1 is 0.969 bits per heavy atom. The lowest BCUT2D eigenvalue weighted by atomic mass is 10.2. The first-order valence-electron chi connectivity index (χ1n) is 9.54. The molecule has 3 aromatic rings. The molecule has 0 spiro atoms. The van der Waals surface area contributed by atoms with Crippen molar-refractivity contribution in [2.45, 2.75) is 11.8 Å². The van der Waals surface area contributed by atoms with Crippen LogP contribution >= 0.6 is 11.6 Å². The summed E-state index contributed by atoms with van der Waals surface area (Å²) in [6, 6.07) is 18.7. The largest absolute Gasteiger partial charge is 0.465 e. The van der Waals surface area contributed by atoms with Crippen molar-refractivity contribution in [1.82, 2.24) is 0 Å². The van der Waals surface area contributed by atoms with Gasteiger partial charge in [-0.25, -0.2) is 13.2 Å². The maximum atomic E-state index is 13.4. The van der Waals surface area contributed by atoms with E-state index in [0.29, 0.717) is 5.02 Å². The average molecular weight is 473 g/mol. The maximum absolute atomic E-state index is 13.4. The molecule has 0 aromatic heterocycles. The van der Waals surface area contributed by atoms with E-state index in [0.717, 1.165) is 9.87 Å². The van der Waals surface area contributed by atoms with Gasteiger partial charge in [0.05, 0.1) is 28.9 Å². The van der Waals surface area contributed by atoms with E-state index in [1.54, 1.807) is 36.4 Å². The minimum atomic E-state index is -4.06. The lowest BCUT2D eigenvalue weighted by molar-refractivity contribution is -0.114. The molecule has 0 bridgehead atoms. The number of para-hydroxylation sites is 1. The molecule has 0 atom stereocenters. The van der Waals surface area contributed by atoms with Crippen LogP contribution in [0.15, 0.2) is 77.7 Å². The summed E-state index contributed by atoms with van der Waals surface area (Å²) in [5.41, 5.74) is 1.54. The molecule has 1 amide bonds. The third-order valence-corrected chi connectivity index (χ3v) is 6.66. The zero-order chi connectivity index (χ0) is 23.3. The number of benzene rings is 3. The second kappa shape index (κ2) is 9.84. The Morgan fingerprint density at radius 3 is 2.22 bits per heavy atom. The third-order valence-electron chi connectivity index (χ3n) is 4.62. The molecule has 7 nitrogen and oxygen atoms in total. The Hall–Kier alpha value is -3.36. The molecule has 166 valence electrons. The fraction of sp³-hybridized carbons (Fsp3) is 0.130. The highest BCUT2D eigenvalue weighted by Gasteiger charge is 2.27. The van der Waals surface area contributed by atoms with Crippen molar-refractivity contribution in [2.75, 3.05) is 23.3 Å². The summed E-state index contributed by atoms with van der Waals surface area (Å²) in [6.07, 6.45) is 0. The Kier molecular flexibility index (Phi) is 7.17. The zero-order valence-corrected chi connectivity index (χ0v) is 19.0. The van der Waals surface area contributed by atoms with Gasteiger partial charge in [-0.15, -0.1) is 0 Å². The number of sulfonamides is 1. The summed E-state index contributed by atoms with van der Waals surface area (Å²) in [4.78, 5) is 24.9. The quantitative estimate of drug-likeness (QED) is 0.518. The van der Waals surface area contributed by atoms with E-state index in [9.17, 15) is 18.0 Å². The number of carbonyl (C=O) groups is 2. The van der Waals surface area contributed by atoms with Crippen LogP contribution in [0.4, 0.5) is 11.4 Å². The van der Waals surface area contributed by atoms with Gasteiger partial charge >= 0.3 is 5.97 Å². The lowest BCUT2D eigenvalue weighted by Gasteiger charge is -2.24. The van der Waals surface area contributed by atoms with Gasteiger partial charge in [-0.2, -0.15) is 0 Å². The van der Waals surface area contributed by atoms with Gasteiger partial charge < -0.3 is 10.1 Å². The fourth-order valence-corrected chi connectivity index (χ4v) is 4.51. The average Bonchev–Trinajstić information content (AvgIpc) is 2.78. The van der Waals surface area contributed by atoms with Gasteiger partial charge in [0.25, 0.3) is 10.0 Å². The molecule has 3 aromatic carbocycles. The molecule has 0 aliphatic heterocycles. The van der Waals surface area contributed by atoms with Gasteiger partial charge in [-0.05, 0) is 55.5 Å². The molecular formula is C23H21ClN2O5S. The Morgan fingerprint density at radius 2 is 1.59 bits per heavy atom. The Labute approximate surface area is 191 Å². The van der Waals surface area contributed by atoms with Crippen LogP contribution in [0.5, 0.6) is 0 Å². The van der Waals surface area contributed by atoms with E-state index in [1.165, 1.54) is 43.5 Å². The molecule has 0 saturated heterocycles. The van der Waals surface area contributed by atoms with E-state index in [4.69, 9.17) is 16.3 Å². The van der Waals surface area contributed by atoms with Crippen molar-refractivity contribution in [3.63, 3.8) is 0 Å². The normalized spacial score (nSPS) is 11.0. The zero-order valence-electron chi connectivity index (χ0n) is 17.4. The van der Waals surface area contributed by atoms with Crippen molar-refractivity contribution in [3.05, 3.63) is 88.9 Å². The molecule has 9 heteroatoms. The molecule has 32 heavy (non-hydrogen) atoms. The number of carbonyl (C=O) groups excluding carboxylic acids is 2. The number of nitrogens with one attached hydrogen (secondary N) is 1. The molecule has 0 heterocycles. The molecule has 0 aliphatic carbocycles. The fourth-order valence-electron chi connectivity index (χ4n) is 2.96. The van der Waals surface area contributed by atoms with Crippen molar-refractivity contribution < 1.29 is 22.7 Å². The third kappa shape index (κ3) is 5.27. The number of anilines is 2. The van der Waals surface area contributed by atoms with Crippen LogP contribution in [0.1, 0.15) is 15.9 Å². The number of rotatable bonds is 7. The first-order valence-corrected chi connectivity index (χ1v) is 11.4. The van der Waals surface area contributed by atoms with E-state index >= 15 is 0 Å². The first kappa shape index (κ1) is 23.3. The van der Waals surface area contributed by atoms with Crippen molar-refractivity contribution in [3.8, 4) is 0 Å². The standard InChI is InChI=1S/C23H21ClN2O5S/c1-16-7-13-19(14-8-16)32(29,30)26(18-11-9-17(24)10-12-18)15-22(27)25-21-6-4-3-5-20(21)23(28)31-2/h3-14H,15H2,1-2H3,(H,25,27). The number of halogens is 1. The van der Waals surface area contributed by atoms with Crippen LogP contribution < -0.4 is 9.62 Å². The molecular weight excluding hydrogens is 452 g/mol. The van der Waals surface area contributed by atoms with E-state index in [1.807, 2.05) is 6.92 Å². The summed E-state index contributed by atoms with van der Waals surface area (Å²) in [7, 11) is -2.83. The minimum Gasteiger partial charge on any atom is -0.465 e. The van der Waals surface area contributed by atoms with E-state index in [-0.39, 0.29) is 21.8 Å². The van der Waals surface area contributed by atoms with Crippen LogP contribution in [-0.4, -0.2) is 33.9 Å². The smallest absolute Gasteiger partial charge is 0.339 e. The number of hydrogen-bond acceptors (Lipinski definition) is 5. The number of aryl methyl sites for hydroxylation is 1. The monoisotopic (exact) mass is 472 g/mol. The number of hydrogen-bond donors (Lipinski definition) is 1. The molecule has 0 unspecified atom stereocenters. The summed E-state index contributed by atoms with van der Waals surface area (Å²) in [5, 5.41) is 3.03. The SMILES string of the molecule is COC(=O)c1ccccc1NC(=O)CN(c1ccc(Cl)cc1)S(=O)(=O)c1ccc(C)cc1. The predicted octanol–water partition coefficient (Wildman–Crippen LogP) is 4.27. The number of esters is 1. The van der Waals surface area contributed by atoms with Crippen LogP contribution in [0.2, 0.25) is 5.02 Å². The molecule has 0 saturated carbocycles. The van der Waals surface area contributed by atoms with Crippen molar-refractivity contribution in [1.29, 1.82) is 0 Å². The predicted molar refractivity (Wildman–Crippen MR) is 124 cm³/mol. The van der Waals surface area contributed by atoms with Crippen LogP contribution in [0, 0.1) is 6.92 Å². The van der Waals surface area contributed by atoms with Crippen LogP contribution in [0.25, 0.3) is 0 Å². The second-order valence-corrected chi connectivity index (χ2v) is 9.19. The summed E-state index contributed by atoms with van der Waals surface area (Å²) >= 11 is 5.95. The summed E-state index contributed by atoms with van der Waals surface area (Å²) in [5.74, 6) is -1.25. The molecule has 0 radical (unpaired) electrons. The van der Waals surface area contributed by atoms with Gasteiger partial charge in [0, 0.05) is 5.02 Å². The van der Waals surface area contributed by atoms with Gasteiger partial charge in [-0.3, -0.25) is 9.10 Å². The molecule has 0 aliphatic rings. The number of methoxy groups -OCH3 is 1. The number of nitrogens with zero attached hydrogens (tertiary/aromatic N) is 1. The topological polar surface area (TPSA) is 92.8 Å². The summed E-state index contributed by atoms with van der Waals surface area (Å²) < 4.78 is 32.5. The number of ether oxygens (including phenoxy) is 1. The van der Waals surface area contributed by atoms with Crippen LogP contribution in [0.3, 0.4) is 0 Å². The lowest BCUT2D eigenvalue weighted by Crippen LogP contribution is -2.38. The first-order chi connectivity index (χ1) is 15.2. The summed E-state index contributed by atoms with van der Waals surface area (Å²) in [6.45, 7) is 1.33. The molecule has 3 rings (SSSR count). The van der Waals surface area contributed by atoms with Crippen molar-refractivity contribution in [2.24, 2.45) is 0 Å². The van der Waals surface area contributed by atoms with Gasteiger partial charge in [0.1, 0.15) is 6.54 Å². The number of amides is 1. The maximum Gasteiger partial charge on any atom is 0.339 e. The van der Waals surface area contributed by atoms with Gasteiger partial charge in [0.2, 0.25) is 5.91 Å². The molecule has 1 N–H and O–H groups in total. The Bertz CT molecular complexity index is 1230. The highest BCUT2D eigenvalue weighted by Crippen LogP contribution is 2.26. The molecule has 0 fully saturated rings. The second-order valence-electron chi connectivity index (χ2n) is 6.89. The van der Waals surface area contributed by atoms with Gasteiger partial charge in [-0.1, -0.05) is 41.4 Å². The van der Waals surface area contributed by atoms with Gasteiger partial charge in [0.15, 0.2) is 0 Å². The highest BCUT2D eigenvalue weighted by atomic mass is 35.5. The van der Waals surface area contributed by atoms with E-state index in [2.05, 4.69) is 5.32 Å².